The van der Waals surface area contributed by atoms with Crippen molar-refractivity contribution in [2.45, 2.75) is 13.5 Å². The molecule has 0 aliphatic carbocycles. The number of hydrogen-bond acceptors (Lipinski definition) is 3. The second-order valence-electron chi connectivity index (χ2n) is 1.43. The van der Waals surface area contributed by atoms with Gasteiger partial charge in [0.05, 0.1) is 0 Å². The molecule has 50 valence electrons. The minimum atomic E-state index is -2.69. The van der Waals surface area contributed by atoms with E-state index in [1.165, 1.54) is 6.92 Å². The molecule has 0 aromatic carbocycles. The van der Waals surface area contributed by atoms with Crippen LogP contribution in [0.4, 0.5) is 8.78 Å². The molecule has 0 aliphatic heterocycles. The van der Waals surface area contributed by atoms with Gasteiger partial charge in [-0.05, 0) is 12.1 Å². The lowest BCUT2D eigenvalue weighted by Gasteiger charge is -1.89. The maximum Gasteiger partial charge on any atom is 0.350 e. The molecular weight excluding hydrogens is 130 g/mol. The van der Waals surface area contributed by atoms with Gasteiger partial charge in [-0.2, -0.15) is 8.78 Å². The van der Waals surface area contributed by atoms with E-state index in [9.17, 15) is 8.78 Å². The Kier molecular flexibility index (Phi) is 1.37. The van der Waals surface area contributed by atoms with Crippen LogP contribution in [0.3, 0.4) is 0 Å². The quantitative estimate of drug-likeness (QED) is 0.557. The third kappa shape index (κ3) is 1.18. The molecule has 0 unspecified atom stereocenters. The van der Waals surface area contributed by atoms with Crippen LogP contribution >= 0.6 is 0 Å². The molecule has 0 atom stereocenters. The molecule has 0 fully saturated rings. The topological polar surface area (TPSA) is 43.6 Å². The van der Waals surface area contributed by atoms with Crippen molar-refractivity contribution in [3.05, 3.63) is 5.82 Å². The summed E-state index contributed by atoms with van der Waals surface area (Å²) in [6, 6.07) is 0. The number of rotatable bonds is 1. The number of nitrogens with zero attached hydrogens (tertiary/aromatic N) is 4. The van der Waals surface area contributed by atoms with E-state index in [2.05, 4.69) is 15.4 Å². The average molecular weight is 134 g/mol. The summed E-state index contributed by atoms with van der Waals surface area (Å²) in [4.78, 5) is 0.259. The van der Waals surface area contributed by atoms with Crippen molar-refractivity contribution in [2.24, 2.45) is 0 Å². The fourth-order valence-electron chi connectivity index (χ4n) is 0.381. The minimum Gasteiger partial charge on any atom is -0.182 e. The van der Waals surface area contributed by atoms with E-state index in [0.29, 0.717) is 0 Å². The maximum absolute atomic E-state index is 11.6. The van der Waals surface area contributed by atoms with Gasteiger partial charge in [-0.1, -0.05) is 4.80 Å². The third-order valence-corrected chi connectivity index (χ3v) is 0.703. The molecule has 0 spiro atoms. The minimum absolute atomic E-state index is 0.246. The van der Waals surface area contributed by atoms with Crippen molar-refractivity contribution in [3.63, 3.8) is 0 Å². The van der Waals surface area contributed by atoms with Crippen LogP contribution in [0, 0.1) is 6.92 Å². The Morgan fingerprint density at radius 2 is 2.22 bits per heavy atom. The summed E-state index contributed by atoms with van der Waals surface area (Å²) in [7, 11) is 0. The summed E-state index contributed by atoms with van der Waals surface area (Å²) in [5, 5.41) is 9.54. The highest BCUT2D eigenvalue weighted by Gasteiger charge is 2.07. The van der Waals surface area contributed by atoms with E-state index >= 15 is 0 Å². The van der Waals surface area contributed by atoms with Gasteiger partial charge in [0.15, 0.2) is 5.82 Å². The molecule has 9 heavy (non-hydrogen) atoms. The highest BCUT2D eigenvalue weighted by molar-refractivity contribution is 4.66. The molecule has 0 radical (unpaired) electrons. The Balaban J connectivity index is 2.85. The second kappa shape index (κ2) is 2.04. The van der Waals surface area contributed by atoms with Crippen LogP contribution in [0.1, 0.15) is 12.4 Å². The largest absolute Gasteiger partial charge is 0.350 e. The van der Waals surface area contributed by atoms with Crippen molar-refractivity contribution in [2.75, 3.05) is 0 Å². The van der Waals surface area contributed by atoms with Gasteiger partial charge >= 0.3 is 6.55 Å². The van der Waals surface area contributed by atoms with Crippen molar-refractivity contribution in [3.8, 4) is 0 Å². The van der Waals surface area contributed by atoms with E-state index in [0.717, 1.165) is 0 Å². The molecule has 0 amide bonds. The molecule has 0 bridgehead atoms. The Labute approximate surface area is 49.5 Å². The van der Waals surface area contributed by atoms with E-state index in [1.807, 2.05) is 0 Å². The molecule has 1 aromatic rings. The lowest BCUT2D eigenvalue weighted by Crippen LogP contribution is -2.02. The highest BCUT2D eigenvalue weighted by Crippen LogP contribution is 2.03. The van der Waals surface area contributed by atoms with E-state index in [-0.39, 0.29) is 10.6 Å². The fourth-order valence-corrected chi connectivity index (χ4v) is 0.381. The standard InChI is InChI=1S/C3H4F2N4/c1-2-6-8-9(7-2)3(4)5/h3H,1H3. The summed E-state index contributed by atoms with van der Waals surface area (Å²) < 4.78 is 23.2. The number of tetrazole rings is 1. The van der Waals surface area contributed by atoms with Gasteiger partial charge in [-0.15, -0.1) is 10.2 Å². The summed E-state index contributed by atoms with van der Waals surface area (Å²) in [6.45, 7) is -1.20. The summed E-state index contributed by atoms with van der Waals surface area (Å²) in [5.41, 5.74) is 0. The molecule has 0 aliphatic rings. The van der Waals surface area contributed by atoms with Gasteiger partial charge in [0, 0.05) is 0 Å². The second-order valence-corrected chi connectivity index (χ2v) is 1.43. The zero-order chi connectivity index (χ0) is 6.85. The van der Waals surface area contributed by atoms with Crippen molar-refractivity contribution in [1.29, 1.82) is 0 Å². The van der Waals surface area contributed by atoms with Gasteiger partial charge in [-0.3, -0.25) is 0 Å². The molecule has 1 rings (SSSR count). The first-order valence-electron chi connectivity index (χ1n) is 2.24. The number of alkyl halides is 2. The van der Waals surface area contributed by atoms with Gasteiger partial charge < -0.3 is 0 Å². The van der Waals surface area contributed by atoms with Gasteiger partial charge in [0.2, 0.25) is 0 Å². The normalized spacial score (nSPS) is 10.7. The Bertz CT molecular complexity index is 195. The van der Waals surface area contributed by atoms with Crippen LogP contribution in [0.15, 0.2) is 0 Å². The van der Waals surface area contributed by atoms with Crippen LogP contribution in [-0.2, 0) is 0 Å². The first-order valence-corrected chi connectivity index (χ1v) is 2.24. The SMILES string of the molecule is Cc1nnn(C(F)F)n1. The van der Waals surface area contributed by atoms with Crippen LogP contribution in [0.2, 0.25) is 0 Å². The first-order chi connectivity index (χ1) is 4.20. The smallest absolute Gasteiger partial charge is 0.182 e. The van der Waals surface area contributed by atoms with Crippen molar-refractivity contribution >= 4 is 0 Å². The van der Waals surface area contributed by atoms with E-state index in [1.54, 1.807) is 0 Å². The molecule has 4 nitrogen and oxygen atoms in total. The first kappa shape index (κ1) is 6.06. The Hall–Kier alpha value is -1.07. The zero-order valence-corrected chi connectivity index (χ0v) is 4.62. The predicted octanol–water partition coefficient (Wildman–Crippen LogP) is 0.377. The average Bonchev–Trinajstić information content (AvgIpc) is 2.14. The van der Waals surface area contributed by atoms with Crippen molar-refractivity contribution in [1.82, 2.24) is 20.2 Å². The molecule has 1 aromatic heterocycles. The Morgan fingerprint density at radius 1 is 1.56 bits per heavy atom. The monoisotopic (exact) mass is 134 g/mol. The third-order valence-electron chi connectivity index (χ3n) is 0.703. The maximum atomic E-state index is 11.6. The molecule has 6 heteroatoms. The molecular formula is C3H4F2N4. The van der Waals surface area contributed by atoms with Gasteiger partial charge in [0.25, 0.3) is 0 Å². The van der Waals surface area contributed by atoms with Crippen LogP contribution < -0.4 is 0 Å². The zero-order valence-electron chi connectivity index (χ0n) is 4.62. The molecule has 0 N–H and O–H groups in total. The number of aromatic nitrogens is 4. The molecule has 0 saturated carbocycles. The molecule has 1 heterocycles. The predicted molar refractivity (Wildman–Crippen MR) is 23.8 cm³/mol. The lowest BCUT2D eigenvalue weighted by molar-refractivity contribution is 0.0394. The highest BCUT2D eigenvalue weighted by atomic mass is 19.3. The number of halogens is 2. The van der Waals surface area contributed by atoms with Crippen LogP contribution in [0.5, 0.6) is 0 Å². The number of aryl methyl sites for hydroxylation is 1. The number of hydrogen-bond donors (Lipinski definition) is 0. The lowest BCUT2D eigenvalue weighted by atomic mass is 10.8. The summed E-state index contributed by atoms with van der Waals surface area (Å²) >= 11 is 0. The van der Waals surface area contributed by atoms with Gasteiger partial charge in [0.1, 0.15) is 0 Å². The summed E-state index contributed by atoms with van der Waals surface area (Å²) in [5.74, 6) is 0.246. The van der Waals surface area contributed by atoms with Crippen molar-refractivity contribution < 1.29 is 8.78 Å². The summed E-state index contributed by atoms with van der Waals surface area (Å²) in [6.07, 6.45) is 0. The Morgan fingerprint density at radius 3 is 2.44 bits per heavy atom. The van der Waals surface area contributed by atoms with Crippen LogP contribution in [-0.4, -0.2) is 20.2 Å². The van der Waals surface area contributed by atoms with E-state index in [4.69, 9.17) is 0 Å². The fraction of sp³-hybridized carbons (Fsp3) is 0.667. The van der Waals surface area contributed by atoms with E-state index < -0.39 is 6.55 Å². The van der Waals surface area contributed by atoms with Gasteiger partial charge in [-0.25, -0.2) is 0 Å². The molecule has 0 saturated heterocycles. The van der Waals surface area contributed by atoms with Crippen LogP contribution in [0.25, 0.3) is 0 Å².